The highest BCUT2D eigenvalue weighted by atomic mass is 32.1. The lowest BCUT2D eigenvalue weighted by atomic mass is 9.97. The van der Waals surface area contributed by atoms with Gasteiger partial charge in [-0.1, -0.05) is 41.7 Å². The highest BCUT2D eigenvalue weighted by molar-refractivity contribution is 7.11. The number of ether oxygens (including phenoxy) is 1. The molecule has 1 aromatic heterocycles. The van der Waals surface area contributed by atoms with E-state index in [9.17, 15) is 27.6 Å². The van der Waals surface area contributed by atoms with Crippen LogP contribution >= 0.6 is 11.3 Å². The third-order valence-corrected chi connectivity index (χ3v) is 9.11. The van der Waals surface area contributed by atoms with Gasteiger partial charge in [0.15, 0.2) is 0 Å². The third kappa shape index (κ3) is 5.88. The van der Waals surface area contributed by atoms with Crippen LogP contribution in [0.5, 0.6) is 5.75 Å². The Hall–Kier alpha value is -3.84. The van der Waals surface area contributed by atoms with Crippen molar-refractivity contribution in [3.05, 3.63) is 74.7 Å². The molecule has 2 saturated heterocycles. The number of aromatic nitrogens is 2. The van der Waals surface area contributed by atoms with Crippen molar-refractivity contribution in [2.24, 2.45) is 0 Å². The van der Waals surface area contributed by atoms with E-state index < -0.39 is 23.1 Å². The maximum atomic E-state index is 13.0. The Balaban J connectivity index is 1.01. The average Bonchev–Trinajstić information content (AvgIpc) is 3.59. The van der Waals surface area contributed by atoms with Crippen molar-refractivity contribution in [1.82, 2.24) is 25.3 Å². The summed E-state index contributed by atoms with van der Waals surface area (Å²) in [6, 6.07) is 12.7. The van der Waals surface area contributed by atoms with Crippen LogP contribution in [-0.2, 0) is 35.5 Å². The zero-order valence-corrected chi connectivity index (χ0v) is 23.3. The van der Waals surface area contributed by atoms with Crippen LogP contribution in [0.2, 0.25) is 0 Å². The van der Waals surface area contributed by atoms with Gasteiger partial charge in [0.05, 0.1) is 6.54 Å². The van der Waals surface area contributed by atoms with Crippen molar-refractivity contribution in [1.29, 1.82) is 0 Å². The van der Waals surface area contributed by atoms with Gasteiger partial charge in [0.25, 0.3) is 5.91 Å². The molecule has 0 saturated carbocycles. The summed E-state index contributed by atoms with van der Waals surface area (Å²) in [6.07, 6.45) is -2.47. The van der Waals surface area contributed by atoms with E-state index in [2.05, 4.69) is 20.4 Å². The average molecular weight is 600 g/mol. The van der Waals surface area contributed by atoms with Crippen LogP contribution in [-0.4, -0.2) is 56.9 Å². The number of rotatable bonds is 7. The number of benzene rings is 2. The Kier molecular flexibility index (Phi) is 7.71. The van der Waals surface area contributed by atoms with Crippen molar-refractivity contribution in [3.63, 3.8) is 0 Å². The van der Waals surface area contributed by atoms with Gasteiger partial charge in [0.2, 0.25) is 16.8 Å². The molecule has 3 aromatic rings. The van der Waals surface area contributed by atoms with E-state index in [0.717, 1.165) is 49.2 Å². The topological polar surface area (TPSA) is 105 Å². The summed E-state index contributed by atoms with van der Waals surface area (Å²) in [5.41, 5.74) is 3.32. The largest absolute Gasteiger partial charge is 0.489 e. The zero-order valence-electron chi connectivity index (χ0n) is 22.5. The Labute approximate surface area is 243 Å². The summed E-state index contributed by atoms with van der Waals surface area (Å²) >= 11 is 0.646. The Morgan fingerprint density at radius 3 is 2.40 bits per heavy atom. The molecule has 0 radical (unpaired) electrons. The van der Waals surface area contributed by atoms with E-state index in [-0.39, 0.29) is 30.7 Å². The van der Waals surface area contributed by atoms with Crippen LogP contribution in [0, 0.1) is 0 Å². The monoisotopic (exact) mass is 599 g/mol. The third-order valence-electron chi connectivity index (χ3n) is 7.98. The molecule has 220 valence electrons. The Morgan fingerprint density at radius 1 is 0.976 bits per heavy atom. The van der Waals surface area contributed by atoms with Crippen molar-refractivity contribution in [2.75, 3.05) is 13.1 Å². The number of amides is 3. The first-order valence-corrected chi connectivity index (χ1v) is 14.6. The minimum absolute atomic E-state index is 0.000189. The summed E-state index contributed by atoms with van der Waals surface area (Å²) < 4.78 is 44.7. The molecule has 4 heterocycles. The lowest BCUT2D eigenvalue weighted by molar-refractivity contribution is -0.138. The molecule has 3 aliphatic heterocycles. The van der Waals surface area contributed by atoms with Crippen molar-refractivity contribution in [2.45, 2.75) is 63.5 Å². The quantitative estimate of drug-likeness (QED) is 0.405. The number of alkyl halides is 3. The number of nitrogens with zero attached hydrogens (tertiary/aromatic N) is 4. The molecule has 3 aliphatic rings. The van der Waals surface area contributed by atoms with Crippen LogP contribution in [0.1, 0.15) is 68.7 Å². The summed E-state index contributed by atoms with van der Waals surface area (Å²) in [5, 5.41) is 9.00. The predicted octanol–water partition coefficient (Wildman–Crippen LogP) is 4.28. The molecule has 1 unspecified atom stereocenters. The van der Waals surface area contributed by atoms with Gasteiger partial charge in [-0.2, -0.15) is 13.2 Å². The molecule has 2 aromatic carbocycles. The molecular formula is C29H28F3N5O4S. The number of nitrogens with one attached hydrogen (secondary N) is 1. The van der Waals surface area contributed by atoms with Crippen molar-refractivity contribution >= 4 is 29.1 Å². The summed E-state index contributed by atoms with van der Waals surface area (Å²) in [6.45, 7) is 2.82. The fraction of sp³-hybridized carbons (Fsp3) is 0.414. The van der Waals surface area contributed by atoms with E-state index in [1.165, 1.54) is 4.90 Å². The van der Waals surface area contributed by atoms with Gasteiger partial charge in [0, 0.05) is 30.0 Å². The molecule has 13 heteroatoms. The highest BCUT2D eigenvalue weighted by Crippen LogP contribution is 2.37. The number of imide groups is 1. The molecule has 1 N–H and O–H groups in total. The van der Waals surface area contributed by atoms with Crippen LogP contribution in [0.25, 0.3) is 0 Å². The number of hydrogen-bond acceptors (Lipinski definition) is 8. The standard InChI is InChI=1S/C29H28F3N5O4S/c30-29(31,32)28-35-34-26(42-28)19-10-12-36(13-11-19)14-17-4-6-18(7-5-17)16-41-23-3-1-2-20-21(23)15-37(27(20)40)22-8-9-24(38)33-25(22)39/h1-7,19,22H,8-16H2,(H,33,38,39). The number of fused-ring (bicyclic) bond motifs is 1. The molecule has 42 heavy (non-hydrogen) atoms. The Bertz CT molecular complexity index is 1500. The van der Waals surface area contributed by atoms with E-state index in [1.54, 1.807) is 12.1 Å². The minimum atomic E-state index is -4.45. The molecule has 0 spiro atoms. The Morgan fingerprint density at radius 2 is 1.71 bits per heavy atom. The number of carbonyl (C=O) groups excluding carboxylic acids is 3. The van der Waals surface area contributed by atoms with Gasteiger partial charge in [0.1, 0.15) is 23.4 Å². The first-order valence-electron chi connectivity index (χ1n) is 13.8. The highest BCUT2D eigenvalue weighted by Gasteiger charge is 2.40. The van der Waals surface area contributed by atoms with Gasteiger partial charge < -0.3 is 9.64 Å². The maximum Gasteiger partial charge on any atom is 0.445 e. The fourth-order valence-electron chi connectivity index (χ4n) is 5.70. The van der Waals surface area contributed by atoms with Gasteiger partial charge >= 0.3 is 6.18 Å². The van der Waals surface area contributed by atoms with Crippen LogP contribution in [0.15, 0.2) is 42.5 Å². The second kappa shape index (κ2) is 11.4. The SMILES string of the molecule is O=C1CCC(N2Cc3c(OCc4ccc(CN5CCC(c6nnc(C(F)(F)F)s6)CC5)cc4)cccc3C2=O)C(=O)N1. The molecule has 3 amide bonds. The zero-order chi connectivity index (χ0) is 29.4. The van der Waals surface area contributed by atoms with Crippen molar-refractivity contribution < 1.29 is 32.3 Å². The second-order valence-corrected chi connectivity index (χ2v) is 11.8. The lowest BCUT2D eigenvalue weighted by Gasteiger charge is -2.30. The van der Waals surface area contributed by atoms with Crippen molar-refractivity contribution in [3.8, 4) is 5.75 Å². The number of carbonyl (C=O) groups is 3. The van der Waals surface area contributed by atoms with E-state index in [4.69, 9.17) is 4.74 Å². The molecule has 0 aliphatic carbocycles. The molecule has 0 bridgehead atoms. The van der Waals surface area contributed by atoms with Crippen LogP contribution < -0.4 is 10.1 Å². The first-order chi connectivity index (χ1) is 20.2. The lowest BCUT2D eigenvalue weighted by Crippen LogP contribution is -2.52. The molecular weight excluding hydrogens is 571 g/mol. The smallest absolute Gasteiger partial charge is 0.445 e. The first kappa shape index (κ1) is 28.3. The molecule has 9 nitrogen and oxygen atoms in total. The number of likely N-dealkylation sites (tertiary alicyclic amines) is 1. The van der Waals surface area contributed by atoms with Gasteiger partial charge in [-0.15, -0.1) is 10.2 Å². The van der Waals surface area contributed by atoms with Gasteiger partial charge in [-0.05, 0) is 55.6 Å². The maximum absolute atomic E-state index is 13.0. The molecule has 6 rings (SSSR count). The number of hydrogen-bond donors (Lipinski definition) is 1. The number of halogens is 3. The van der Waals surface area contributed by atoms with E-state index >= 15 is 0 Å². The predicted molar refractivity (Wildman–Crippen MR) is 145 cm³/mol. The summed E-state index contributed by atoms with van der Waals surface area (Å²) in [7, 11) is 0. The minimum Gasteiger partial charge on any atom is -0.489 e. The fourth-order valence-corrected chi connectivity index (χ4v) is 6.58. The molecule has 2 fully saturated rings. The van der Waals surface area contributed by atoms with E-state index in [0.29, 0.717) is 40.7 Å². The van der Waals surface area contributed by atoms with Gasteiger partial charge in [-0.3, -0.25) is 24.6 Å². The van der Waals surface area contributed by atoms with Crippen LogP contribution in [0.4, 0.5) is 13.2 Å². The summed E-state index contributed by atoms with van der Waals surface area (Å²) in [5.74, 6) is -0.431. The molecule has 1 atom stereocenters. The normalized spacial score (nSPS) is 20.1. The van der Waals surface area contributed by atoms with Gasteiger partial charge in [-0.25, -0.2) is 0 Å². The summed E-state index contributed by atoms with van der Waals surface area (Å²) in [4.78, 5) is 40.7. The van der Waals surface area contributed by atoms with E-state index in [1.807, 2.05) is 30.3 Å². The second-order valence-electron chi connectivity index (χ2n) is 10.8. The van der Waals surface area contributed by atoms with Crippen LogP contribution in [0.3, 0.4) is 0 Å². The number of piperidine rings is 2.